The summed E-state index contributed by atoms with van der Waals surface area (Å²) >= 11 is 0. The predicted molar refractivity (Wildman–Crippen MR) is 114 cm³/mol. The minimum atomic E-state index is -0.714. The average molecular weight is 423 g/mol. The number of amides is 2. The summed E-state index contributed by atoms with van der Waals surface area (Å²) in [7, 11) is 0. The quantitative estimate of drug-likeness (QED) is 0.641. The number of nitrogens with one attached hydrogen (secondary N) is 2. The number of piperazine rings is 1. The molecule has 5 nitrogen and oxygen atoms in total. The van der Waals surface area contributed by atoms with Crippen LogP contribution in [0.3, 0.4) is 0 Å². The van der Waals surface area contributed by atoms with E-state index in [-0.39, 0.29) is 30.3 Å². The zero-order valence-electron chi connectivity index (χ0n) is 16.9. The Bertz CT molecular complexity index is 1120. The molecule has 3 aromatic carbocycles. The van der Waals surface area contributed by atoms with Gasteiger partial charge in [-0.05, 0) is 28.5 Å². The molecular formula is C24H23F2N3O2. The number of hydrogen-bond acceptors (Lipinski definition) is 3. The summed E-state index contributed by atoms with van der Waals surface area (Å²) in [6.07, 6.45) is -0.0395. The van der Waals surface area contributed by atoms with Crippen LogP contribution in [0.2, 0.25) is 0 Å². The van der Waals surface area contributed by atoms with Gasteiger partial charge in [-0.3, -0.25) is 14.5 Å². The van der Waals surface area contributed by atoms with Crippen molar-refractivity contribution in [3.8, 4) is 0 Å². The minimum Gasteiger partial charge on any atom is -0.353 e. The molecule has 31 heavy (non-hydrogen) atoms. The summed E-state index contributed by atoms with van der Waals surface area (Å²) in [5.41, 5.74) is 1.25. The molecule has 2 N–H and O–H groups in total. The summed E-state index contributed by atoms with van der Waals surface area (Å²) < 4.78 is 26.8. The van der Waals surface area contributed by atoms with Crippen LogP contribution < -0.4 is 10.6 Å². The highest BCUT2D eigenvalue weighted by atomic mass is 19.1. The van der Waals surface area contributed by atoms with Crippen LogP contribution in [0, 0.1) is 11.6 Å². The van der Waals surface area contributed by atoms with Crippen molar-refractivity contribution in [3.05, 3.63) is 83.4 Å². The van der Waals surface area contributed by atoms with Gasteiger partial charge in [0, 0.05) is 37.8 Å². The predicted octanol–water partition coefficient (Wildman–Crippen LogP) is 3.12. The largest absolute Gasteiger partial charge is 0.353 e. The molecule has 0 bridgehead atoms. The fourth-order valence-corrected chi connectivity index (χ4v) is 3.85. The number of carbonyl (C=O) groups is 2. The van der Waals surface area contributed by atoms with E-state index in [1.807, 2.05) is 41.3 Å². The number of carbonyl (C=O) groups excluding carboxylic acids is 2. The molecule has 2 amide bonds. The molecule has 1 heterocycles. The van der Waals surface area contributed by atoms with Gasteiger partial charge in [0.05, 0.1) is 12.5 Å². The van der Waals surface area contributed by atoms with Gasteiger partial charge in [0.15, 0.2) is 0 Å². The molecule has 0 unspecified atom stereocenters. The molecule has 3 aromatic rings. The van der Waals surface area contributed by atoms with Gasteiger partial charge < -0.3 is 10.6 Å². The second-order valence-corrected chi connectivity index (χ2v) is 7.68. The molecule has 0 saturated carbocycles. The van der Waals surface area contributed by atoms with Crippen molar-refractivity contribution in [1.82, 2.24) is 15.5 Å². The average Bonchev–Trinajstić information content (AvgIpc) is 2.75. The number of benzene rings is 3. The highest BCUT2D eigenvalue weighted by molar-refractivity contribution is 5.89. The van der Waals surface area contributed by atoms with E-state index < -0.39 is 17.7 Å². The maximum atomic E-state index is 13.8. The number of halogens is 2. The van der Waals surface area contributed by atoms with Gasteiger partial charge in [0.1, 0.15) is 11.6 Å². The Labute approximate surface area is 179 Å². The molecular weight excluding hydrogens is 400 g/mol. The monoisotopic (exact) mass is 423 g/mol. The summed E-state index contributed by atoms with van der Waals surface area (Å²) in [4.78, 5) is 26.9. The highest BCUT2D eigenvalue weighted by Gasteiger charge is 2.31. The summed E-state index contributed by atoms with van der Waals surface area (Å²) in [6.45, 7) is 1.63. The van der Waals surface area contributed by atoms with Gasteiger partial charge in [0.2, 0.25) is 11.8 Å². The van der Waals surface area contributed by atoms with Gasteiger partial charge in [0.25, 0.3) is 0 Å². The van der Waals surface area contributed by atoms with E-state index in [9.17, 15) is 18.4 Å². The topological polar surface area (TPSA) is 61.4 Å². The first kappa shape index (κ1) is 20.9. The van der Waals surface area contributed by atoms with Gasteiger partial charge in [-0.1, -0.05) is 42.5 Å². The van der Waals surface area contributed by atoms with E-state index >= 15 is 0 Å². The summed E-state index contributed by atoms with van der Waals surface area (Å²) in [5.74, 6) is -1.95. The Balaban J connectivity index is 1.41. The van der Waals surface area contributed by atoms with Gasteiger partial charge in [-0.25, -0.2) is 8.78 Å². The molecule has 4 rings (SSSR count). The fraction of sp³-hybridized carbons (Fsp3) is 0.250. The van der Waals surface area contributed by atoms with Crippen molar-refractivity contribution in [2.24, 2.45) is 0 Å². The van der Waals surface area contributed by atoms with Crippen molar-refractivity contribution < 1.29 is 18.4 Å². The van der Waals surface area contributed by atoms with Crippen LogP contribution in [-0.4, -0.2) is 35.8 Å². The van der Waals surface area contributed by atoms with Crippen LogP contribution in [0.15, 0.2) is 60.7 Å². The van der Waals surface area contributed by atoms with E-state index in [0.717, 1.165) is 28.5 Å². The number of hydrogen-bond donors (Lipinski definition) is 2. The second-order valence-electron chi connectivity index (χ2n) is 7.68. The van der Waals surface area contributed by atoms with Crippen LogP contribution in [0.25, 0.3) is 10.8 Å². The first-order valence-corrected chi connectivity index (χ1v) is 10.2. The molecule has 1 atom stereocenters. The Morgan fingerprint density at radius 2 is 1.87 bits per heavy atom. The first-order chi connectivity index (χ1) is 15.0. The third-order valence-corrected chi connectivity index (χ3v) is 5.51. The van der Waals surface area contributed by atoms with E-state index in [1.54, 1.807) is 0 Å². The maximum Gasteiger partial charge on any atom is 0.237 e. The lowest BCUT2D eigenvalue weighted by molar-refractivity contribution is -0.134. The van der Waals surface area contributed by atoms with Crippen molar-refractivity contribution in [3.63, 3.8) is 0 Å². The van der Waals surface area contributed by atoms with E-state index in [2.05, 4.69) is 16.7 Å². The minimum absolute atomic E-state index is 0.0395. The van der Waals surface area contributed by atoms with Gasteiger partial charge in [-0.2, -0.15) is 0 Å². The highest BCUT2D eigenvalue weighted by Crippen LogP contribution is 2.19. The molecule has 1 saturated heterocycles. The molecule has 1 fully saturated rings. The molecule has 1 aliphatic rings. The second kappa shape index (κ2) is 9.22. The number of rotatable bonds is 6. The molecule has 1 aliphatic heterocycles. The van der Waals surface area contributed by atoms with Crippen molar-refractivity contribution in [2.75, 3.05) is 13.1 Å². The third-order valence-electron chi connectivity index (χ3n) is 5.51. The third kappa shape index (κ3) is 5.06. The first-order valence-electron chi connectivity index (χ1n) is 10.2. The molecule has 0 radical (unpaired) electrons. The normalized spacial score (nSPS) is 16.8. The van der Waals surface area contributed by atoms with E-state index in [1.165, 1.54) is 6.07 Å². The molecule has 160 valence electrons. The molecule has 0 aliphatic carbocycles. The van der Waals surface area contributed by atoms with Crippen LogP contribution in [-0.2, 0) is 22.7 Å². The lowest BCUT2D eigenvalue weighted by Crippen LogP contribution is -2.56. The number of fused-ring (bicyclic) bond motifs is 1. The van der Waals surface area contributed by atoms with Crippen molar-refractivity contribution in [2.45, 2.75) is 25.6 Å². The number of nitrogens with zero attached hydrogens (tertiary/aromatic N) is 1. The van der Waals surface area contributed by atoms with Gasteiger partial charge in [-0.15, -0.1) is 0 Å². The van der Waals surface area contributed by atoms with Crippen LogP contribution in [0.1, 0.15) is 17.5 Å². The summed E-state index contributed by atoms with van der Waals surface area (Å²) in [5, 5.41) is 7.70. The molecule has 0 spiro atoms. The Morgan fingerprint density at radius 1 is 1.06 bits per heavy atom. The van der Waals surface area contributed by atoms with E-state index in [0.29, 0.717) is 19.6 Å². The standard InChI is InChI=1S/C24H23F2N3O2/c25-20-8-7-19(21(26)12-20)14-28-23(30)13-22-24(31)27-9-10-29(22)15-16-5-6-17-3-1-2-4-18(17)11-16/h1-8,11-12,22H,9-10,13-15H2,(H,27,31)(H,28,30)/t22-/m0/s1. The smallest absolute Gasteiger partial charge is 0.237 e. The van der Waals surface area contributed by atoms with Crippen molar-refractivity contribution in [1.29, 1.82) is 0 Å². The SMILES string of the molecule is O=C(C[C@H]1C(=O)NCCN1Cc1ccc2ccccc2c1)NCc1ccc(F)cc1F. The maximum absolute atomic E-state index is 13.8. The lowest BCUT2D eigenvalue weighted by Gasteiger charge is -2.34. The zero-order valence-corrected chi connectivity index (χ0v) is 16.9. The van der Waals surface area contributed by atoms with Crippen LogP contribution >= 0.6 is 0 Å². The Morgan fingerprint density at radius 3 is 2.68 bits per heavy atom. The Hall–Kier alpha value is -3.32. The van der Waals surface area contributed by atoms with E-state index in [4.69, 9.17) is 0 Å². The van der Waals surface area contributed by atoms with Crippen LogP contribution in [0.5, 0.6) is 0 Å². The molecule has 7 heteroatoms. The zero-order chi connectivity index (χ0) is 21.8. The fourth-order valence-electron chi connectivity index (χ4n) is 3.85. The summed E-state index contributed by atoms with van der Waals surface area (Å²) in [6, 6.07) is 16.8. The molecule has 0 aromatic heterocycles. The lowest BCUT2D eigenvalue weighted by atomic mass is 10.0. The Kier molecular flexibility index (Phi) is 6.23. The van der Waals surface area contributed by atoms with Gasteiger partial charge >= 0.3 is 0 Å². The van der Waals surface area contributed by atoms with Crippen molar-refractivity contribution >= 4 is 22.6 Å². The van der Waals surface area contributed by atoms with Crippen LogP contribution in [0.4, 0.5) is 8.78 Å².